The summed E-state index contributed by atoms with van der Waals surface area (Å²) in [6.07, 6.45) is 1.70. The first-order valence-corrected chi connectivity index (χ1v) is 11.2. The van der Waals surface area contributed by atoms with Crippen LogP contribution in [0.3, 0.4) is 0 Å². The van der Waals surface area contributed by atoms with E-state index in [4.69, 9.17) is 21.1 Å². The zero-order chi connectivity index (χ0) is 23.2. The molecule has 2 aromatic carbocycles. The molecule has 0 bridgehead atoms. The number of rotatable bonds is 8. The number of thioether (sulfide) groups is 1. The van der Waals surface area contributed by atoms with Crippen molar-refractivity contribution in [3.8, 4) is 28.7 Å². The second-order valence-electron chi connectivity index (χ2n) is 6.74. The fourth-order valence-corrected chi connectivity index (χ4v) is 4.07. The quantitative estimate of drug-likeness (QED) is 0.364. The topological polar surface area (TPSA) is 91.2 Å². The molecule has 8 nitrogen and oxygen atoms in total. The van der Waals surface area contributed by atoms with Gasteiger partial charge in [-0.2, -0.15) is 0 Å². The van der Waals surface area contributed by atoms with Gasteiger partial charge in [0, 0.05) is 11.9 Å². The molecule has 0 atom stereocenters. The van der Waals surface area contributed by atoms with E-state index in [1.54, 1.807) is 31.5 Å². The number of pyridine rings is 1. The molecule has 10 heteroatoms. The van der Waals surface area contributed by atoms with E-state index >= 15 is 0 Å². The van der Waals surface area contributed by atoms with Gasteiger partial charge in [-0.05, 0) is 54.6 Å². The Balaban J connectivity index is 1.56. The first-order valence-electron chi connectivity index (χ1n) is 9.86. The van der Waals surface area contributed by atoms with Crippen LogP contribution < -0.4 is 14.8 Å². The smallest absolute Gasteiger partial charge is 0.234 e. The number of hydrogen-bond acceptors (Lipinski definition) is 7. The minimum Gasteiger partial charge on any atom is -0.497 e. The molecule has 0 saturated heterocycles. The van der Waals surface area contributed by atoms with Gasteiger partial charge in [0.2, 0.25) is 5.91 Å². The molecule has 168 valence electrons. The van der Waals surface area contributed by atoms with Crippen molar-refractivity contribution in [2.45, 2.75) is 5.16 Å². The average molecular weight is 482 g/mol. The number of carbonyl (C=O) groups excluding carboxylic acids is 1. The molecule has 0 unspecified atom stereocenters. The Morgan fingerprint density at radius 3 is 2.55 bits per heavy atom. The van der Waals surface area contributed by atoms with Crippen LogP contribution in [0.2, 0.25) is 5.02 Å². The van der Waals surface area contributed by atoms with Gasteiger partial charge in [0.05, 0.1) is 30.7 Å². The van der Waals surface area contributed by atoms with Gasteiger partial charge in [0.25, 0.3) is 0 Å². The van der Waals surface area contributed by atoms with E-state index in [0.29, 0.717) is 33.1 Å². The van der Waals surface area contributed by atoms with Crippen LogP contribution in [0, 0.1) is 0 Å². The van der Waals surface area contributed by atoms with Crippen molar-refractivity contribution < 1.29 is 14.3 Å². The summed E-state index contributed by atoms with van der Waals surface area (Å²) in [6.45, 7) is 0. The Kier molecular flexibility index (Phi) is 7.11. The Morgan fingerprint density at radius 1 is 1.06 bits per heavy atom. The Labute approximate surface area is 199 Å². The lowest BCUT2D eigenvalue weighted by atomic mass is 10.3. The van der Waals surface area contributed by atoms with Crippen LogP contribution in [-0.4, -0.2) is 45.6 Å². The van der Waals surface area contributed by atoms with Gasteiger partial charge < -0.3 is 14.8 Å². The summed E-state index contributed by atoms with van der Waals surface area (Å²) < 4.78 is 12.3. The number of halogens is 1. The molecular formula is C23H20ClN5O3S. The lowest BCUT2D eigenvalue weighted by Gasteiger charge is -2.11. The highest BCUT2D eigenvalue weighted by Crippen LogP contribution is 2.29. The molecule has 4 aromatic rings. The zero-order valence-corrected chi connectivity index (χ0v) is 19.4. The van der Waals surface area contributed by atoms with Crippen LogP contribution in [0.4, 0.5) is 5.69 Å². The van der Waals surface area contributed by atoms with E-state index in [1.807, 2.05) is 47.0 Å². The first kappa shape index (κ1) is 22.6. The number of aromatic nitrogens is 4. The van der Waals surface area contributed by atoms with Crippen LogP contribution in [-0.2, 0) is 4.79 Å². The number of nitrogens with one attached hydrogen (secondary N) is 1. The third kappa shape index (κ3) is 5.27. The number of methoxy groups -OCH3 is 2. The van der Waals surface area contributed by atoms with Crippen LogP contribution in [0.25, 0.3) is 17.2 Å². The van der Waals surface area contributed by atoms with E-state index in [1.165, 1.54) is 18.9 Å². The third-order valence-corrected chi connectivity index (χ3v) is 5.85. The predicted octanol–water partition coefficient (Wildman–Crippen LogP) is 4.73. The number of hydrogen-bond donors (Lipinski definition) is 1. The number of benzene rings is 2. The average Bonchev–Trinajstić information content (AvgIpc) is 3.27. The summed E-state index contributed by atoms with van der Waals surface area (Å²) in [5.41, 5.74) is 2.08. The monoisotopic (exact) mass is 481 g/mol. The SMILES string of the molecule is COc1ccc(-n2c(SCC(=O)Nc3ccc(OC)c(Cl)c3)nnc2-c2ccccn2)cc1. The summed E-state index contributed by atoms with van der Waals surface area (Å²) in [5, 5.41) is 12.5. The van der Waals surface area contributed by atoms with Gasteiger partial charge in [-0.15, -0.1) is 10.2 Å². The molecule has 0 fully saturated rings. The maximum atomic E-state index is 12.6. The van der Waals surface area contributed by atoms with E-state index < -0.39 is 0 Å². The predicted molar refractivity (Wildman–Crippen MR) is 128 cm³/mol. The standard InChI is InChI=1S/C23H20ClN5O3S/c1-31-17-9-7-16(8-10-17)29-22(19-5-3-4-12-25-19)27-28-23(29)33-14-21(30)26-15-6-11-20(32-2)18(24)13-15/h3-13H,14H2,1-2H3,(H,26,30). The van der Waals surface area contributed by atoms with Gasteiger partial charge >= 0.3 is 0 Å². The molecular weight excluding hydrogens is 462 g/mol. The number of ether oxygens (including phenoxy) is 2. The lowest BCUT2D eigenvalue weighted by Crippen LogP contribution is -2.14. The molecule has 0 aliphatic heterocycles. The second kappa shape index (κ2) is 10.4. The van der Waals surface area contributed by atoms with Gasteiger partial charge in [0.1, 0.15) is 17.2 Å². The number of anilines is 1. The summed E-state index contributed by atoms with van der Waals surface area (Å²) in [5.74, 6) is 1.77. The van der Waals surface area contributed by atoms with Crippen molar-refractivity contribution in [2.75, 3.05) is 25.3 Å². The van der Waals surface area contributed by atoms with Gasteiger partial charge in [-0.3, -0.25) is 14.3 Å². The highest BCUT2D eigenvalue weighted by molar-refractivity contribution is 7.99. The summed E-state index contributed by atoms with van der Waals surface area (Å²) >= 11 is 7.41. The molecule has 1 amide bonds. The number of carbonyl (C=O) groups is 1. The molecule has 2 aromatic heterocycles. The zero-order valence-electron chi connectivity index (χ0n) is 17.9. The maximum absolute atomic E-state index is 12.6. The summed E-state index contributed by atoms with van der Waals surface area (Å²) in [7, 11) is 3.15. The molecule has 1 N–H and O–H groups in total. The van der Waals surface area contributed by atoms with Crippen molar-refractivity contribution in [3.63, 3.8) is 0 Å². The normalized spacial score (nSPS) is 10.6. The molecule has 4 rings (SSSR count). The lowest BCUT2D eigenvalue weighted by molar-refractivity contribution is -0.113. The van der Waals surface area contributed by atoms with E-state index in [2.05, 4.69) is 20.5 Å². The van der Waals surface area contributed by atoms with Crippen LogP contribution >= 0.6 is 23.4 Å². The fourth-order valence-electron chi connectivity index (χ4n) is 3.06. The number of nitrogens with zero attached hydrogens (tertiary/aromatic N) is 4. The molecule has 0 saturated carbocycles. The molecule has 0 aliphatic carbocycles. The highest BCUT2D eigenvalue weighted by atomic mass is 35.5. The van der Waals surface area contributed by atoms with Crippen LogP contribution in [0.5, 0.6) is 11.5 Å². The Bertz CT molecular complexity index is 1250. The van der Waals surface area contributed by atoms with Crippen molar-refractivity contribution in [2.24, 2.45) is 0 Å². The number of amides is 1. The van der Waals surface area contributed by atoms with Crippen molar-refractivity contribution in [1.29, 1.82) is 0 Å². The minimum absolute atomic E-state index is 0.125. The van der Waals surface area contributed by atoms with E-state index in [9.17, 15) is 4.79 Å². The molecule has 33 heavy (non-hydrogen) atoms. The van der Waals surface area contributed by atoms with E-state index in [0.717, 1.165) is 11.4 Å². The molecule has 0 aliphatic rings. The Hall–Kier alpha value is -3.56. The minimum atomic E-state index is -0.204. The molecule has 2 heterocycles. The van der Waals surface area contributed by atoms with Gasteiger partial charge in [0.15, 0.2) is 11.0 Å². The van der Waals surface area contributed by atoms with Crippen molar-refractivity contribution >= 4 is 35.0 Å². The summed E-state index contributed by atoms with van der Waals surface area (Å²) in [6, 6.07) is 18.2. The fraction of sp³-hybridized carbons (Fsp3) is 0.130. The Morgan fingerprint density at radius 2 is 1.88 bits per heavy atom. The molecule has 0 spiro atoms. The highest BCUT2D eigenvalue weighted by Gasteiger charge is 2.18. The van der Waals surface area contributed by atoms with Crippen LogP contribution in [0.15, 0.2) is 72.0 Å². The first-order chi connectivity index (χ1) is 16.1. The third-order valence-electron chi connectivity index (χ3n) is 4.63. The van der Waals surface area contributed by atoms with E-state index in [-0.39, 0.29) is 11.7 Å². The van der Waals surface area contributed by atoms with Crippen molar-refractivity contribution in [3.05, 3.63) is 71.9 Å². The molecule has 0 radical (unpaired) electrons. The largest absolute Gasteiger partial charge is 0.497 e. The maximum Gasteiger partial charge on any atom is 0.234 e. The summed E-state index contributed by atoms with van der Waals surface area (Å²) in [4.78, 5) is 17.0. The second-order valence-corrected chi connectivity index (χ2v) is 8.09. The van der Waals surface area contributed by atoms with Gasteiger partial charge in [-0.25, -0.2) is 0 Å². The van der Waals surface area contributed by atoms with Crippen molar-refractivity contribution in [1.82, 2.24) is 19.7 Å². The van der Waals surface area contributed by atoms with Gasteiger partial charge in [-0.1, -0.05) is 29.4 Å². The van der Waals surface area contributed by atoms with Crippen LogP contribution in [0.1, 0.15) is 0 Å².